The van der Waals surface area contributed by atoms with Gasteiger partial charge in [0.05, 0.1) is 6.61 Å². The topological polar surface area (TPSA) is 58.9 Å². The maximum absolute atomic E-state index is 12.9. The first-order chi connectivity index (χ1) is 13.2. The molecular weight excluding hydrogens is 360 g/mol. The highest BCUT2D eigenvalue weighted by Gasteiger charge is 2.27. The molecule has 142 valence electrons. The van der Waals surface area contributed by atoms with Crippen molar-refractivity contribution in [1.29, 1.82) is 0 Å². The number of hydrogen-bond donors (Lipinski definition) is 1. The second-order valence-corrected chi connectivity index (χ2v) is 7.71. The van der Waals surface area contributed by atoms with E-state index in [9.17, 15) is 4.79 Å². The van der Waals surface area contributed by atoms with E-state index < -0.39 is 0 Å². The maximum atomic E-state index is 12.9. The highest BCUT2D eigenvalue weighted by molar-refractivity contribution is 7.19. The number of carbonyl (C=O) groups is 1. The second-order valence-electron chi connectivity index (χ2n) is 6.73. The Kier molecular flexibility index (Phi) is 5.13. The van der Waals surface area contributed by atoms with E-state index in [0.717, 1.165) is 58.5 Å². The van der Waals surface area contributed by atoms with Crippen LogP contribution in [0.2, 0.25) is 0 Å². The number of hydrogen-bond acceptors (Lipinski definition) is 5. The number of methoxy groups -OCH3 is 1. The molecule has 1 saturated heterocycles. The second kappa shape index (κ2) is 7.70. The molecule has 4 rings (SSSR count). The van der Waals surface area contributed by atoms with Crippen LogP contribution in [0.5, 0.6) is 0 Å². The zero-order valence-corrected chi connectivity index (χ0v) is 16.5. The summed E-state index contributed by atoms with van der Waals surface area (Å²) in [6, 6.07) is 10.1. The molecule has 2 aromatic heterocycles. The summed E-state index contributed by atoms with van der Waals surface area (Å²) < 4.78 is 7.26. The van der Waals surface area contributed by atoms with E-state index in [1.54, 1.807) is 7.11 Å². The molecule has 1 fully saturated rings. The maximum Gasteiger partial charge on any atom is 0.265 e. The number of aryl methyl sites for hydroxylation is 1. The average Bonchev–Trinajstić information content (AvgIpc) is 3.40. The van der Waals surface area contributed by atoms with Crippen molar-refractivity contribution in [3.63, 3.8) is 0 Å². The number of aromatic nitrogens is 2. The van der Waals surface area contributed by atoms with Crippen LogP contribution in [0.15, 0.2) is 30.3 Å². The van der Waals surface area contributed by atoms with E-state index in [2.05, 4.69) is 21.9 Å². The zero-order chi connectivity index (χ0) is 18.8. The minimum Gasteiger partial charge on any atom is -0.383 e. The molecule has 1 amide bonds. The molecule has 1 aromatic carbocycles. The first kappa shape index (κ1) is 18.0. The number of likely N-dealkylation sites (tertiary alicyclic amines) is 1. The molecular formula is C20H24N4O2S. The number of imidazole rings is 1. The lowest BCUT2D eigenvalue weighted by atomic mass is 10.1. The van der Waals surface area contributed by atoms with Crippen molar-refractivity contribution in [3.05, 3.63) is 40.9 Å². The van der Waals surface area contributed by atoms with Crippen molar-refractivity contribution >= 4 is 28.0 Å². The molecule has 0 radical (unpaired) electrons. The molecule has 1 aliphatic rings. The van der Waals surface area contributed by atoms with E-state index in [4.69, 9.17) is 9.72 Å². The number of carbonyl (C=O) groups excluding carboxylic acids is 1. The van der Waals surface area contributed by atoms with Crippen LogP contribution < -0.4 is 5.32 Å². The summed E-state index contributed by atoms with van der Waals surface area (Å²) in [5.74, 6) is 1.05. The van der Waals surface area contributed by atoms with Crippen LogP contribution in [0.1, 0.15) is 28.2 Å². The Morgan fingerprint density at radius 3 is 2.70 bits per heavy atom. The van der Waals surface area contributed by atoms with Gasteiger partial charge in [-0.3, -0.25) is 9.20 Å². The van der Waals surface area contributed by atoms with Gasteiger partial charge >= 0.3 is 0 Å². The highest BCUT2D eigenvalue weighted by atomic mass is 32.1. The van der Waals surface area contributed by atoms with Crippen LogP contribution in [0, 0.1) is 6.92 Å². The summed E-state index contributed by atoms with van der Waals surface area (Å²) >= 11 is 1.48. The molecule has 27 heavy (non-hydrogen) atoms. The van der Waals surface area contributed by atoms with Gasteiger partial charge in [0.15, 0.2) is 4.96 Å². The number of thiazole rings is 1. The van der Waals surface area contributed by atoms with Gasteiger partial charge in [-0.2, -0.15) is 0 Å². The fourth-order valence-electron chi connectivity index (χ4n) is 3.54. The van der Waals surface area contributed by atoms with Crippen LogP contribution in [0.3, 0.4) is 0 Å². The summed E-state index contributed by atoms with van der Waals surface area (Å²) in [4.78, 5) is 21.4. The van der Waals surface area contributed by atoms with Crippen molar-refractivity contribution in [2.24, 2.45) is 0 Å². The molecule has 3 aromatic rings. The van der Waals surface area contributed by atoms with Gasteiger partial charge in [-0.25, -0.2) is 4.98 Å². The van der Waals surface area contributed by atoms with Crippen molar-refractivity contribution < 1.29 is 9.53 Å². The Hall–Kier alpha value is -2.38. The minimum atomic E-state index is 0.129. The lowest BCUT2D eigenvalue weighted by molar-refractivity contribution is 0.0796. The summed E-state index contributed by atoms with van der Waals surface area (Å²) in [6.07, 6.45) is 2.19. The number of nitrogens with one attached hydrogen (secondary N) is 1. The van der Waals surface area contributed by atoms with E-state index in [1.165, 1.54) is 11.3 Å². The van der Waals surface area contributed by atoms with Crippen LogP contribution in [-0.4, -0.2) is 53.5 Å². The Morgan fingerprint density at radius 2 is 2.00 bits per heavy atom. The molecule has 0 atom stereocenters. The SMILES string of the molecule is COCCNc1c(-c2ccccc2)nc2sc(C(=O)N3CCCC3)c(C)n12. The third-order valence-corrected chi connectivity index (χ3v) is 6.07. The summed E-state index contributed by atoms with van der Waals surface area (Å²) in [5.41, 5.74) is 2.91. The first-order valence-corrected chi connectivity index (χ1v) is 10.1. The molecule has 0 unspecified atom stereocenters. The summed E-state index contributed by atoms with van der Waals surface area (Å²) in [6.45, 7) is 4.99. The molecule has 7 heteroatoms. The van der Waals surface area contributed by atoms with Crippen molar-refractivity contribution in [1.82, 2.24) is 14.3 Å². The van der Waals surface area contributed by atoms with Crippen LogP contribution in [-0.2, 0) is 4.74 Å². The van der Waals surface area contributed by atoms with E-state index in [0.29, 0.717) is 13.2 Å². The number of nitrogens with zero attached hydrogens (tertiary/aromatic N) is 3. The lowest BCUT2D eigenvalue weighted by Gasteiger charge is -2.14. The average molecular weight is 385 g/mol. The predicted octanol–water partition coefficient (Wildman–Crippen LogP) is 3.67. The quantitative estimate of drug-likeness (QED) is 0.659. The van der Waals surface area contributed by atoms with Crippen molar-refractivity contribution in [2.75, 3.05) is 38.7 Å². The first-order valence-electron chi connectivity index (χ1n) is 9.30. The van der Waals surface area contributed by atoms with Crippen molar-refractivity contribution in [3.8, 4) is 11.3 Å². The Labute approximate surface area is 162 Å². The lowest BCUT2D eigenvalue weighted by Crippen LogP contribution is -2.27. The van der Waals surface area contributed by atoms with Gasteiger partial charge in [0.25, 0.3) is 5.91 Å². The third kappa shape index (κ3) is 3.33. The van der Waals surface area contributed by atoms with Crippen LogP contribution in [0.25, 0.3) is 16.2 Å². The molecule has 0 bridgehead atoms. The van der Waals surface area contributed by atoms with Gasteiger partial charge in [0.2, 0.25) is 0 Å². The standard InChI is InChI=1S/C20H24N4O2S/c1-14-17(19(25)23-11-6-7-12-23)27-20-22-16(15-8-4-3-5-9-15)18(24(14)20)21-10-13-26-2/h3-5,8-9,21H,6-7,10-13H2,1-2H3. The van der Waals surface area contributed by atoms with Gasteiger partial charge in [0, 0.05) is 38.0 Å². The number of benzene rings is 1. The fraction of sp³-hybridized carbons (Fsp3) is 0.400. The van der Waals surface area contributed by atoms with E-state index in [1.807, 2.05) is 30.0 Å². The molecule has 1 aliphatic heterocycles. The molecule has 6 nitrogen and oxygen atoms in total. The van der Waals surface area contributed by atoms with Gasteiger partial charge < -0.3 is 15.0 Å². The Balaban J connectivity index is 1.78. The fourth-order valence-corrected chi connectivity index (χ4v) is 4.63. The molecule has 0 aliphatic carbocycles. The zero-order valence-electron chi connectivity index (χ0n) is 15.7. The van der Waals surface area contributed by atoms with Gasteiger partial charge in [-0.1, -0.05) is 41.7 Å². The van der Waals surface area contributed by atoms with Crippen LogP contribution >= 0.6 is 11.3 Å². The third-order valence-electron chi connectivity index (χ3n) is 4.94. The molecule has 3 heterocycles. The summed E-state index contributed by atoms with van der Waals surface area (Å²) in [5, 5.41) is 3.46. The Bertz CT molecular complexity index is 942. The summed E-state index contributed by atoms with van der Waals surface area (Å²) in [7, 11) is 1.69. The van der Waals surface area contributed by atoms with E-state index in [-0.39, 0.29) is 5.91 Å². The molecule has 0 saturated carbocycles. The highest BCUT2D eigenvalue weighted by Crippen LogP contribution is 2.35. The van der Waals surface area contributed by atoms with Crippen LogP contribution in [0.4, 0.5) is 5.82 Å². The largest absolute Gasteiger partial charge is 0.383 e. The van der Waals surface area contributed by atoms with Gasteiger partial charge in [-0.05, 0) is 19.8 Å². The van der Waals surface area contributed by atoms with E-state index >= 15 is 0 Å². The number of amides is 1. The van der Waals surface area contributed by atoms with Crippen molar-refractivity contribution in [2.45, 2.75) is 19.8 Å². The predicted molar refractivity (Wildman–Crippen MR) is 109 cm³/mol. The minimum absolute atomic E-state index is 0.129. The Morgan fingerprint density at radius 1 is 1.26 bits per heavy atom. The van der Waals surface area contributed by atoms with Gasteiger partial charge in [0.1, 0.15) is 16.4 Å². The molecule has 0 spiro atoms. The monoisotopic (exact) mass is 384 g/mol. The normalized spacial score (nSPS) is 14.2. The molecule has 1 N–H and O–H groups in total. The smallest absolute Gasteiger partial charge is 0.265 e. The van der Waals surface area contributed by atoms with Gasteiger partial charge in [-0.15, -0.1) is 0 Å². The number of anilines is 1. The number of ether oxygens (including phenoxy) is 1. The number of rotatable bonds is 6. The number of fused-ring (bicyclic) bond motifs is 1.